The number of likely N-dealkylation sites (tertiary alicyclic amines) is 1. The van der Waals surface area contributed by atoms with Crippen LogP contribution < -0.4 is 11.1 Å². The first-order valence-corrected chi connectivity index (χ1v) is 8.08. The molecule has 1 aliphatic carbocycles. The molecule has 4 nitrogen and oxygen atoms in total. The first kappa shape index (κ1) is 14.5. The normalized spacial score (nSPS) is 20.4. The van der Waals surface area contributed by atoms with Crippen LogP contribution in [0.1, 0.15) is 37.7 Å². The molecular weight excluding hydrogens is 262 g/mol. The minimum absolute atomic E-state index is 0.0238. The Kier molecular flexibility index (Phi) is 4.56. The van der Waals surface area contributed by atoms with E-state index in [1.807, 2.05) is 18.2 Å². The van der Waals surface area contributed by atoms with E-state index in [-0.39, 0.29) is 11.9 Å². The van der Waals surface area contributed by atoms with Gasteiger partial charge in [-0.3, -0.25) is 9.69 Å². The molecule has 1 saturated carbocycles. The highest BCUT2D eigenvalue weighted by Crippen LogP contribution is 2.33. The fraction of sp³-hybridized carbons (Fsp3) is 0.588. The molecule has 21 heavy (non-hydrogen) atoms. The first-order chi connectivity index (χ1) is 10.2. The number of amides is 1. The molecule has 0 bridgehead atoms. The third-order valence-electron chi connectivity index (χ3n) is 4.53. The lowest BCUT2D eigenvalue weighted by molar-refractivity contribution is -0.116. The molecular formula is C17H25N3O. The fourth-order valence-corrected chi connectivity index (χ4v) is 3.07. The Morgan fingerprint density at radius 3 is 2.71 bits per heavy atom. The van der Waals surface area contributed by atoms with Crippen LogP contribution in [-0.4, -0.2) is 29.9 Å². The summed E-state index contributed by atoms with van der Waals surface area (Å²) in [6, 6.07) is 8.14. The SMILES string of the molecule is NC(CC(=O)Nc1ccccc1CN1CCCC1)C1CC1. The Hall–Kier alpha value is -1.39. The fourth-order valence-electron chi connectivity index (χ4n) is 3.07. The Labute approximate surface area is 126 Å². The van der Waals surface area contributed by atoms with E-state index in [0.29, 0.717) is 12.3 Å². The number of benzene rings is 1. The molecule has 1 unspecified atom stereocenters. The van der Waals surface area contributed by atoms with Crippen LogP contribution in [0.15, 0.2) is 24.3 Å². The van der Waals surface area contributed by atoms with E-state index in [2.05, 4.69) is 16.3 Å². The van der Waals surface area contributed by atoms with Crippen molar-refractivity contribution >= 4 is 11.6 Å². The molecule has 1 amide bonds. The molecule has 1 aromatic rings. The number of hydrogen-bond acceptors (Lipinski definition) is 3. The van der Waals surface area contributed by atoms with Crippen LogP contribution in [0.4, 0.5) is 5.69 Å². The van der Waals surface area contributed by atoms with Crippen LogP contribution in [0.3, 0.4) is 0 Å². The molecule has 1 saturated heterocycles. The van der Waals surface area contributed by atoms with Crippen molar-refractivity contribution in [2.75, 3.05) is 18.4 Å². The summed E-state index contributed by atoms with van der Waals surface area (Å²) >= 11 is 0. The Morgan fingerprint density at radius 1 is 1.29 bits per heavy atom. The van der Waals surface area contributed by atoms with Crippen molar-refractivity contribution in [2.24, 2.45) is 11.7 Å². The molecule has 2 aliphatic rings. The number of nitrogens with zero attached hydrogens (tertiary/aromatic N) is 1. The number of anilines is 1. The second-order valence-electron chi connectivity index (χ2n) is 6.39. The van der Waals surface area contributed by atoms with Crippen molar-refractivity contribution in [1.82, 2.24) is 4.90 Å². The second-order valence-corrected chi connectivity index (χ2v) is 6.39. The van der Waals surface area contributed by atoms with E-state index in [4.69, 9.17) is 5.73 Å². The highest BCUT2D eigenvalue weighted by atomic mass is 16.1. The van der Waals surface area contributed by atoms with Gasteiger partial charge in [-0.2, -0.15) is 0 Å². The third kappa shape index (κ3) is 4.05. The average Bonchev–Trinajstić information content (AvgIpc) is 3.20. The van der Waals surface area contributed by atoms with E-state index < -0.39 is 0 Å². The van der Waals surface area contributed by atoms with Gasteiger partial charge in [-0.25, -0.2) is 0 Å². The van der Waals surface area contributed by atoms with E-state index in [1.165, 1.54) is 31.2 Å². The summed E-state index contributed by atoms with van der Waals surface area (Å²) in [6.45, 7) is 3.24. The van der Waals surface area contributed by atoms with Crippen LogP contribution in [0.2, 0.25) is 0 Å². The number of carbonyl (C=O) groups is 1. The standard InChI is InChI=1S/C17H25N3O/c18-15(13-7-8-13)11-17(21)19-16-6-2-1-5-14(16)12-20-9-3-4-10-20/h1-2,5-6,13,15H,3-4,7-12,18H2,(H,19,21). The summed E-state index contributed by atoms with van der Waals surface area (Å²) in [7, 11) is 0. The highest BCUT2D eigenvalue weighted by Gasteiger charge is 2.29. The summed E-state index contributed by atoms with van der Waals surface area (Å²) in [5.74, 6) is 0.610. The molecule has 1 aromatic carbocycles. The summed E-state index contributed by atoms with van der Waals surface area (Å²) in [5.41, 5.74) is 8.18. The van der Waals surface area contributed by atoms with Gasteiger partial charge in [0.15, 0.2) is 0 Å². The van der Waals surface area contributed by atoms with Gasteiger partial charge in [0.2, 0.25) is 5.91 Å². The Bertz CT molecular complexity index is 493. The predicted octanol–water partition coefficient (Wildman–Crippen LogP) is 2.35. The molecule has 0 spiro atoms. The zero-order chi connectivity index (χ0) is 14.7. The number of para-hydroxylation sites is 1. The topological polar surface area (TPSA) is 58.4 Å². The largest absolute Gasteiger partial charge is 0.327 e. The van der Waals surface area contributed by atoms with Crippen molar-refractivity contribution < 1.29 is 4.79 Å². The minimum atomic E-state index is 0.0238. The summed E-state index contributed by atoms with van der Waals surface area (Å²) in [5, 5.41) is 3.05. The zero-order valence-electron chi connectivity index (χ0n) is 12.6. The maximum Gasteiger partial charge on any atom is 0.225 e. The van der Waals surface area contributed by atoms with Crippen molar-refractivity contribution in [3.63, 3.8) is 0 Å². The number of carbonyl (C=O) groups excluding carboxylic acids is 1. The summed E-state index contributed by atoms with van der Waals surface area (Å²) in [6.07, 6.45) is 5.36. The van der Waals surface area contributed by atoms with Gasteiger partial charge in [-0.15, -0.1) is 0 Å². The van der Waals surface area contributed by atoms with E-state index in [9.17, 15) is 4.79 Å². The smallest absolute Gasteiger partial charge is 0.225 e. The lowest BCUT2D eigenvalue weighted by atomic mass is 10.1. The molecule has 0 aromatic heterocycles. The van der Waals surface area contributed by atoms with E-state index in [1.54, 1.807) is 0 Å². The van der Waals surface area contributed by atoms with Crippen LogP contribution >= 0.6 is 0 Å². The lowest BCUT2D eigenvalue weighted by Gasteiger charge is -2.18. The molecule has 2 fully saturated rings. The molecule has 3 rings (SSSR count). The van der Waals surface area contributed by atoms with Crippen LogP contribution in [0.5, 0.6) is 0 Å². The minimum Gasteiger partial charge on any atom is -0.327 e. The highest BCUT2D eigenvalue weighted by molar-refractivity contribution is 5.91. The van der Waals surface area contributed by atoms with Gasteiger partial charge in [0.1, 0.15) is 0 Å². The van der Waals surface area contributed by atoms with Gasteiger partial charge in [0.05, 0.1) is 0 Å². The number of rotatable bonds is 6. The number of hydrogen-bond donors (Lipinski definition) is 2. The van der Waals surface area contributed by atoms with Crippen LogP contribution in [0.25, 0.3) is 0 Å². The van der Waals surface area contributed by atoms with E-state index >= 15 is 0 Å². The summed E-state index contributed by atoms with van der Waals surface area (Å²) in [4.78, 5) is 14.6. The molecule has 0 radical (unpaired) electrons. The van der Waals surface area contributed by atoms with Crippen molar-refractivity contribution in [3.05, 3.63) is 29.8 Å². The maximum atomic E-state index is 12.1. The molecule has 1 aliphatic heterocycles. The van der Waals surface area contributed by atoms with Crippen molar-refractivity contribution in [1.29, 1.82) is 0 Å². The summed E-state index contributed by atoms with van der Waals surface area (Å²) < 4.78 is 0. The van der Waals surface area contributed by atoms with Gasteiger partial charge in [-0.1, -0.05) is 18.2 Å². The molecule has 1 atom stereocenters. The molecule has 114 valence electrons. The second kappa shape index (κ2) is 6.58. The van der Waals surface area contributed by atoms with Gasteiger partial charge >= 0.3 is 0 Å². The number of nitrogens with one attached hydrogen (secondary N) is 1. The predicted molar refractivity (Wildman–Crippen MR) is 84.9 cm³/mol. The molecule has 3 N–H and O–H groups in total. The molecule has 4 heteroatoms. The van der Waals surface area contributed by atoms with Crippen LogP contribution in [-0.2, 0) is 11.3 Å². The van der Waals surface area contributed by atoms with Gasteiger partial charge in [-0.05, 0) is 56.3 Å². The zero-order valence-corrected chi connectivity index (χ0v) is 12.6. The monoisotopic (exact) mass is 287 g/mol. The van der Waals surface area contributed by atoms with Crippen LogP contribution in [0, 0.1) is 5.92 Å². The average molecular weight is 287 g/mol. The lowest BCUT2D eigenvalue weighted by Crippen LogP contribution is -2.29. The van der Waals surface area contributed by atoms with Crippen molar-refractivity contribution in [3.8, 4) is 0 Å². The van der Waals surface area contributed by atoms with E-state index in [0.717, 1.165) is 25.3 Å². The molecule has 1 heterocycles. The van der Waals surface area contributed by atoms with Gasteiger partial charge < -0.3 is 11.1 Å². The quantitative estimate of drug-likeness (QED) is 0.844. The Morgan fingerprint density at radius 2 is 2.00 bits per heavy atom. The number of nitrogens with two attached hydrogens (primary N) is 1. The third-order valence-corrected chi connectivity index (χ3v) is 4.53. The van der Waals surface area contributed by atoms with Crippen molar-refractivity contribution in [2.45, 2.75) is 44.7 Å². The maximum absolute atomic E-state index is 12.1. The van der Waals surface area contributed by atoms with Gasteiger partial charge in [0, 0.05) is 24.7 Å². The van der Waals surface area contributed by atoms with Gasteiger partial charge in [0.25, 0.3) is 0 Å². The Balaban J connectivity index is 1.59. The first-order valence-electron chi connectivity index (χ1n) is 8.08.